The summed E-state index contributed by atoms with van der Waals surface area (Å²) in [5.41, 5.74) is 2.86. The van der Waals surface area contributed by atoms with Crippen LogP contribution in [0.2, 0.25) is 0 Å². The molecule has 0 radical (unpaired) electrons. The minimum atomic E-state index is 0.272. The third-order valence-corrected chi connectivity index (χ3v) is 6.07. The molecule has 0 amide bonds. The number of benzene rings is 1. The number of piperidine rings is 1. The Kier molecular flexibility index (Phi) is 8.16. The lowest BCUT2D eigenvalue weighted by atomic mass is 9.89. The molecule has 1 fully saturated rings. The predicted octanol–water partition coefficient (Wildman–Crippen LogP) is 3.51. The van der Waals surface area contributed by atoms with Gasteiger partial charge in [0.2, 0.25) is 0 Å². The van der Waals surface area contributed by atoms with Crippen LogP contribution in [0.5, 0.6) is 0 Å². The molecule has 1 aliphatic carbocycles. The van der Waals surface area contributed by atoms with E-state index in [4.69, 9.17) is 4.74 Å². The maximum atomic E-state index is 6.20. The third kappa shape index (κ3) is 5.95. The first-order chi connectivity index (χ1) is 13.7. The number of nitrogens with one attached hydrogen (secondary N) is 2. The summed E-state index contributed by atoms with van der Waals surface area (Å²) >= 11 is 0. The number of fused-ring (bicyclic) bond motifs is 1. The molecule has 0 bridgehead atoms. The summed E-state index contributed by atoms with van der Waals surface area (Å²) in [6, 6.07) is 9.91. The van der Waals surface area contributed by atoms with Gasteiger partial charge in [0, 0.05) is 45.4 Å². The van der Waals surface area contributed by atoms with Crippen LogP contribution in [0, 0.1) is 0 Å². The molecule has 1 heterocycles. The van der Waals surface area contributed by atoms with E-state index in [2.05, 4.69) is 58.6 Å². The monoisotopic (exact) mass is 386 g/mol. The zero-order valence-corrected chi connectivity index (χ0v) is 17.9. The molecule has 1 aromatic rings. The summed E-state index contributed by atoms with van der Waals surface area (Å²) in [5.74, 6) is 0.922. The molecule has 156 valence electrons. The van der Waals surface area contributed by atoms with E-state index in [1.54, 1.807) is 0 Å². The van der Waals surface area contributed by atoms with Gasteiger partial charge in [-0.15, -0.1) is 0 Å². The minimum Gasteiger partial charge on any atom is -0.373 e. The van der Waals surface area contributed by atoms with Gasteiger partial charge in [-0.25, -0.2) is 0 Å². The number of likely N-dealkylation sites (tertiary alicyclic amines) is 1. The van der Waals surface area contributed by atoms with Gasteiger partial charge in [0.1, 0.15) is 0 Å². The molecule has 0 saturated carbocycles. The van der Waals surface area contributed by atoms with E-state index in [0.29, 0.717) is 12.1 Å². The molecule has 0 aromatic heterocycles. The van der Waals surface area contributed by atoms with Crippen LogP contribution < -0.4 is 10.6 Å². The second-order valence-electron chi connectivity index (χ2n) is 8.35. The standard InChI is InChI=1S/C23H38N4O/c1-18(2)27-15-12-20(13-16-27)26-23(24-3)25-14-7-17-28-22-11-6-9-19-8-4-5-10-21(19)22/h4-5,8,10,18,20,22H,6-7,9,11-17H2,1-3H3,(H2,24,25,26). The van der Waals surface area contributed by atoms with E-state index in [9.17, 15) is 0 Å². The molecule has 2 aliphatic rings. The summed E-state index contributed by atoms with van der Waals surface area (Å²) in [5, 5.41) is 7.04. The Bertz CT molecular complexity index is 623. The smallest absolute Gasteiger partial charge is 0.191 e. The summed E-state index contributed by atoms with van der Waals surface area (Å²) < 4.78 is 6.20. The van der Waals surface area contributed by atoms with Gasteiger partial charge in [-0.2, -0.15) is 0 Å². The number of aliphatic imine (C=N–C) groups is 1. The third-order valence-electron chi connectivity index (χ3n) is 6.07. The summed E-state index contributed by atoms with van der Waals surface area (Å²) in [7, 11) is 1.86. The van der Waals surface area contributed by atoms with Crippen molar-refractivity contribution >= 4 is 5.96 Å². The molecule has 1 atom stereocenters. The molecular formula is C23H38N4O. The van der Waals surface area contributed by atoms with Gasteiger partial charge in [-0.05, 0) is 63.5 Å². The van der Waals surface area contributed by atoms with Crippen LogP contribution in [0.25, 0.3) is 0 Å². The molecule has 1 saturated heterocycles. The van der Waals surface area contributed by atoms with Crippen molar-refractivity contribution in [2.75, 3.05) is 33.3 Å². The SMILES string of the molecule is CN=C(NCCCOC1CCCc2ccccc21)NC1CCN(C(C)C)CC1. The number of hydrogen-bond donors (Lipinski definition) is 2. The first-order valence-corrected chi connectivity index (χ1v) is 11.1. The van der Waals surface area contributed by atoms with Gasteiger partial charge < -0.3 is 20.3 Å². The van der Waals surface area contributed by atoms with Gasteiger partial charge in [-0.1, -0.05) is 24.3 Å². The number of ether oxygens (including phenoxy) is 1. The Morgan fingerprint density at radius 2 is 2.00 bits per heavy atom. The van der Waals surface area contributed by atoms with Crippen molar-refractivity contribution in [1.82, 2.24) is 15.5 Å². The molecular weight excluding hydrogens is 348 g/mol. The highest BCUT2D eigenvalue weighted by atomic mass is 16.5. The first kappa shape index (κ1) is 21.1. The van der Waals surface area contributed by atoms with Gasteiger partial charge in [0.15, 0.2) is 5.96 Å². The minimum absolute atomic E-state index is 0.272. The van der Waals surface area contributed by atoms with Crippen molar-refractivity contribution in [1.29, 1.82) is 0 Å². The molecule has 0 spiro atoms. The lowest BCUT2D eigenvalue weighted by Gasteiger charge is -2.35. The zero-order chi connectivity index (χ0) is 19.8. The normalized spacial score (nSPS) is 21.6. The van der Waals surface area contributed by atoms with Crippen molar-refractivity contribution in [2.45, 2.75) is 70.6 Å². The topological polar surface area (TPSA) is 48.9 Å². The summed E-state index contributed by atoms with van der Waals surface area (Å²) in [4.78, 5) is 6.94. The largest absolute Gasteiger partial charge is 0.373 e. The van der Waals surface area contributed by atoms with Crippen LogP contribution in [0.1, 0.15) is 63.2 Å². The second-order valence-corrected chi connectivity index (χ2v) is 8.35. The molecule has 5 nitrogen and oxygen atoms in total. The Labute approximate surface area is 170 Å². The molecule has 5 heteroatoms. The predicted molar refractivity (Wildman–Crippen MR) is 117 cm³/mol. The number of hydrogen-bond acceptors (Lipinski definition) is 3. The second kappa shape index (κ2) is 10.8. The van der Waals surface area contributed by atoms with E-state index in [1.165, 1.54) is 49.9 Å². The van der Waals surface area contributed by atoms with Crippen LogP contribution in [-0.2, 0) is 11.2 Å². The maximum absolute atomic E-state index is 6.20. The van der Waals surface area contributed by atoms with Crippen molar-refractivity contribution in [2.24, 2.45) is 4.99 Å². The Morgan fingerprint density at radius 3 is 2.75 bits per heavy atom. The van der Waals surface area contributed by atoms with Crippen LogP contribution in [0.3, 0.4) is 0 Å². The lowest BCUT2D eigenvalue weighted by molar-refractivity contribution is 0.0398. The molecule has 1 aromatic carbocycles. The fourth-order valence-electron chi connectivity index (χ4n) is 4.34. The first-order valence-electron chi connectivity index (χ1n) is 11.1. The molecule has 1 unspecified atom stereocenters. The fraction of sp³-hybridized carbons (Fsp3) is 0.696. The summed E-state index contributed by atoms with van der Waals surface area (Å²) in [6.07, 6.45) is 7.19. The highest BCUT2D eigenvalue weighted by Gasteiger charge is 2.22. The van der Waals surface area contributed by atoms with Gasteiger partial charge in [0.05, 0.1) is 6.10 Å². The van der Waals surface area contributed by atoms with E-state index >= 15 is 0 Å². The van der Waals surface area contributed by atoms with Gasteiger partial charge in [0.25, 0.3) is 0 Å². The fourth-order valence-corrected chi connectivity index (χ4v) is 4.34. The van der Waals surface area contributed by atoms with Gasteiger partial charge >= 0.3 is 0 Å². The number of nitrogens with zero attached hydrogens (tertiary/aromatic N) is 2. The number of guanidine groups is 1. The van der Waals surface area contributed by atoms with Crippen molar-refractivity contribution < 1.29 is 4.74 Å². The van der Waals surface area contributed by atoms with Crippen molar-refractivity contribution in [3.63, 3.8) is 0 Å². The molecule has 1 aliphatic heterocycles. The van der Waals surface area contributed by atoms with E-state index in [0.717, 1.165) is 32.0 Å². The Morgan fingerprint density at radius 1 is 1.21 bits per heavy atom. The van der Waals surface area contributed by atoms with E-state index in [-0.39, 0.29) is 6.10 Å². The van der Waals surface area contributed by atoms with E-state index in [1.807, 2.05) is 7.05 Å². The van der Waals surface area contributed by atoms with Gasteiger partial charge in [-0.3, -0.25) is 4.99 Å². The summed E-state index contributed by atoms with van der Waals surface area (Å²) in [6.45, 7) is 8.57. The molecule has 28 heavy (non-hydrogen) atoms. The lowest BCUT2D eigenvalue weighted by Crippen LogP contribution is -2.50. The van der Waals surface area contributed by atoms with Crippen LogP contribution in [0.4, 0.5) is 0 Å². The Hall–Kier alpha value is -1.59. The van der Waals surface area contributed by atoms with E-state index < -0.39 is 0 Å². The number of aryl methyl sites for hydroxylation is 1. The maximum Gasteiger partial charge on any atom is 0.191 e. The Balaban J connectivity index is 1.33. The average Bonchev–Trinajstić information content (AvgIpc) is 2.73. The molecule has 2 N–H and O–H groups in total. The highest BCUT2D eigenvalue weighted by molar-refractivity contribution is 5.79. The molecule has 3 rings (SSSR count). The van der Waals surface area contributed by atoms with Crippen LogP contribution in [0.15, 0.2) is 29.3 Å². The van der Waals surface area contributed by atoms with Crippen LogP contribution >= 0.6 is 0 Å². The average molecular weight is 387 g/mol. The van der Waals surface area contributed by atoms with Crippen LogP contribution in [-0.4, -0.2) is 56.2 Å². The van der Waals surface area contributed by atoms with Crippen molar-refractivity contribution in [3.8, 4) is 0 Å². The van der Waals surface area contributed by atoms with Crippen molar-refractivity contribution in [3.05, 3.63) is 35.4 Å². The number of rotatable bonds is 7. The zero-order valence-electron chi connectivity index (χ0n) is 17.9. The highest BCUT2D eigenvalue weighted by Crippen LogP contribution is 2.32. The quantitative estimate of drug-likeness (QED) is 0.428.